The summed E-state index contributed by atoms with van der Waals surface area (Å²) in [6.07, 6.45) is 97.4. The topological polar surface area (TPSA) is 95.9 Å². The van der Waals surface area contributed by atoms with Crippen LogP contribution in [-0.2, 0) is 14.3 Å². The van der Waals surface area contributed by atoms with Crippen molar-refractivity contribution in [3.05, 3.63) is 12.2 Å². The van der Waals surface area contributed by atoms with Crippen LogP contribution in [0.3, 0.4) is 0 Å². The van der Waals surface area contributed by atoms with Crippen molar-refractivity contribution in [1.82, 2.24) is 5.32 Å². The van der Waals surface area contributed by atoms with Crippen molar-refractivity contribution in [2.45, 2.75) is 482 Å². The highest BCUT2D eigenvalue weighted by atomic mass is 16.5. The van der Waals surface area contributed by atoms with Crippen molar-refractivity contribution in [1.29, 1.82) is 0 Å². The number of carbonyl (C=O) groups excluding carboxylic acids is 2. The highest BCUT2D eigenvalue weighted by molar-refractivity contribution is 5.76. The molecule has 6 heteroatoms. The number of hydrogen-bond acceptors (Lipinski definition) is 5. The molecule has 2 unspecified atom stereocenters. The second-order valence-corrected chi connectivity index (χ2v) is 28.1. The van der Waals surface area contributed by atoms with Gasteiger partial charge < -0.3 is 20.3 Å². The van der Waals surface area contributed by atoms with Gasteiger partial charge in [0.1, 0.15) is 0 Å². The molecule has 0 aliphatic carbocycles. The zero-order valence-electron chi connectivity index (χ0n) is 59.5. The molecule has 0 spiro atoms. The van der Waals surface area contributed by atoms with Crippen LogP contribution in [0.5, 0.6) is 0 Å². The molecule has 87 heavy (non-hydrogen) atoms. The van der Waals surface area contributed by atoms with Crippen molar-refractivity contribution in [2.75, 3.05) is 13.2 Å². The molecular weight excluding hydrogens is 1070 g/mol. The first-order valence-electron chi connectivity index (χ1n) is 40.4. The zero-order chi connectivity index (χ0) is 62.8. The van der Waals surface area contributed by atoms with E-state index in [0.29, 0.717) is 25.9 Å². The standard InChI is InChI=1S/C81H159NO5/c1-3-5-7-9-11-13-15-17-19-21-23-34-38-41-45-49-53-57-61-65-69-73-79(84)78(77-83)82-80(85)74-70-66-62-58-54-50-46-42-39-35-32-30-28-26-24-25-27-29-31-33-36-40-44-48-52-56-60-64-68-72-76-87-81(86)75-71-67-63-59-55-51-47-43-37-22-20-18-16-14-12-10-8-6-4-2/h25,27,78-79,83-84H,3-24,26,28-77H2,1-2H3,(H,82,85)/b27-25-. The number of nitrogens with one attached hydrogen (secondary N) is 1. The lowest BCUT2D eigenvalue weighted by Crippen LogP contribution is -2.45. The number of amides is 1. The number of rotatable bonds is 77. The fourth-order valence-corrected chi connectivity index (χ4v) is 13.2. The van der Waals surface area contributed by atoms with E-state index in [-0.39, 0.29) is 18.5 Å². The van der Waals surface area contributed by atoms with E-state index in [9.17, 15) is 19.8 Å². The Labute approximate surface area is 546 Å². The molecule has 0 radical (unpaired) electrons. The third-order valence-electron chi connectivity index (χ3n) is 19.3. The summed E-state index contributed by atoms with van der Waals surface area (Å²) in [6, 6.07) is -0.541. The SMILES string of the molecule is CCCCCCCCCCCCCCCCCCCCCCCC(O)C(CO)NC(=O)CCCCCCCCCCCCCCCC/C=C\CCCCCCCCCCCCCCOC(=O)CCCCCCCCCCCCCCCCCCCCC. The number of allylic oxidation sites excluding steroid dienone is 2. The van der Waals surface area contributed by atoms with Gasteiger partial charge in [-0.15, -0.1) is 0 Å². The molecule has 0 saturated heterocycles. The van der Waals surface area contributed by atoms with Crippen molar-refractivity contribution in [3.8, 4) is 0 Å². The maximum Gasteiger partial charge on any atom is 0.305 e. The Hall–Kier alpha value is -1.40. The number of unbranched alkanes of at least 4 members (excludes halogenated alkanes) is 64. The quantitative estimate of drug-likeness (QED) is 0.0320. The molecule has 6 nitrogen and oxygen atoms in total. The Balaban J connectivity index is 3.34. The van der Waals surface area contributed by atoms with Crippen molar-refractivity contribution < 1.29 is 24.5 Å². The Morgan fingerprint density at radius 2 is 0.540 bits per heavy atom. The molecule has 0 aromatic carbocycles. The van der Waals surface area contributed by atoms with Gasteiger partial charge in [0, 0.05) is 12.8 Å². The fraction of sp³-hybridized carbons (Fsp3) is 0.951. The minimum Gasteiger partial charge on any atom is -0.466 e. The third-order valence-corrected chi connectivity index (χ3v) is 19.3. The van der Waals surface area contributed by atoms with Crippen LogP contribution >= 0.6 is 0 Å². The molecule has 1 amide bonds. The minimum absolute atomic E-state index is 0.0234. The van der Waals surface area contributed by atoms with Gasteiger partial charge in [0.15, 0.2) is 0 Å². The van der Waals surface area contributed by atoms with Crippen LogP contribution in [0.4, 0.5) is 0 Å². The van der Waals surface area contributed by atoms with E-state index in [1.54, 1.807) is 0 Å². The summed E-state index contributed by atoms with van der Waals surface area (Å²) in [7, 11) is 0. The van der Waals surface area contributed by atoms with Gasteiger partial charge in [0.2, 0.25) is 5.91 Å². The Kier molecular flexibility index (Phi) is 75.8. The van der Waals surface area contributed by atoms with Gasteiger partial charge in [-0.3, -0.25) is 9.59 Å². The molecule has 0 fully saturated rings. The molecule has 2 atom stereocenters. The summed E-state index contributed by atoms with van der Waals surface area (Å²) in [6.45, 7) is 5.02. The van der Waals surface area contributed by atoms with Gasteiger partial charge >= 0.3 is 5.97 Å². The van der Waals surface area contributed by atoms with Crippen LogP contribution in [0.15, 0.2) is 12.2 Å². The normalized spacial score (nSPS) is 12.5. The molecule has 3 N–H and O–H groups in total. The minimum atomic E-state index is -0.664. The first-order chi connectivity index (χ1) is 43.0. The van der Waals surface area contributed by atoms with Crippen LogP contribution in [-0.4, -0.2) is 47.4 Å². The summed E-state index contributed by atoms with van der Waals surface area (Å²) < 4.78 is 5.52. The van der Waals surface area contributed by atoms with Gasteiger partial charge in [0.25, 0.3) is 0 Å². The molecule has 0 rings (SSSR count). The van der Waals surface area contributed by atoms with E-state index in [1.807, 2.05) is 0 Å². The summed E-state index contributed by atoms with van der Waals surface area (Å²) in [5, 5.41) is 23.5. The van der Waals surface area contributed by atoms with Crippen LogP contribution < -0.4 is 5.32 Å². The maximum absolute atomic E-state index is 12.6. The number of esters is 1. The number of aliphatic hydroxyl groups is 2. The number of aliphatic hydroxyl groups excluding tert-OH is 2. The molecule has 0 aromatic rings. The van der Waals surface area contributed by atoms with E-state index in [4.69, 9.17) is 4.74 Å². The Morgan fingerprint density at radius 1 is 0.310 bits per heavy atom. The van der Waals surface area contributed by atoms with Crippen molar-refractivity contribution in [3.63, 3.8) is 0 Å². The molecule has 0 heterocycles. The molecule has 0 aliphatic rings. The Morgan fingerprint density at radius 3 is 0.816 bits per heavy atom. The highest BCUT2D eigenvalue weighted by Crippen LogP contribution is 2.20. The highest BCUT2D eigenvalue weighted by Gasteiger charge is 2.20. The summed E-state index contributed by atoms with van der Waals surface area (Å²) in [4.78, 5) is 24.7. The zero-order valence-corrected chi connectivity index (χ0v) is 59.5. The number of ether oxygens (including phenoxy) is 1. The number of hydrogen-bond donors (Lipinski definition) is 3. The predicted molar refractivity (Wildman–Crippen MR) is 384 cm³/mol. The lowest BCUT2D eigenvalue weighted by atomic mass is 10.0. The molecule has 0 bridgehead atoms. The largest absolute Gasteiger partial charge is 0.466 e. The first kappa shape index (κ1) is 85.6. The van der Waals surface area contributed by atoms with E-state index in [2.05, 4.69) is 31.3 Å². The first-order valence-corrected chi connectivity index (χ1v) is 40.4. The fourth-order valence-electron chi connectivity index (χ4n) is 13.2. The Bertz CT molecular complexity index is 1320. The lowest BCUT2D eigenvalue weighted by Gasteiger charge is -2.22. The van der Waals surface area contributed by atoms with E-state index in [0.717, 1.165) is 38.5 Å². The van der Waals surface area contributed by atoms with E-state index in [1.165, 1.54) is 398 Å². The molecule has 0 aromatic heterocycles. The van der Waals surface area contributed by atoms with Crippen molar-refractivity contribution in [2.24, 2.45) is 0 Å². The predicted octanol–water partition coefficient (Wildman–Crippen LogP) is 26.7. The van der Waals surface area contributed by atoms with Gasteiger partial charge in [-0.2, -0.15) is 0 Å². The maximum atomic E-state index is 12.6. The smallest absolute Gasteiger partial charge is 0.305 e. The second kappa shape index (κ2) is 77.1. The third kappa shape index (κ3) is 73.5. The lowest BCUT2D eigenvalue weighted by molar-refractivity contribution is -0.143. The van der Waals surface area contributed by atoms with Crippen LogP contribution in [0, 0.1) is 0 Å². The van der Waals surface area contributed by atoms with Crippen LogP contribution in [0.1, 0.15) is 470 Å². The van der Waals surface area contributed by atoms with Crippen LogP contribution in [0.2, 0.25) is 0 Å². The summed E-state index contributed by atoms with van der Waals surface area (Å²) in [5.41, 5.74) is 0. The van der Waals surface area contributed by atoms with Gasteiger partial charge in [-0.05, 0) is 51.4 Å². The summed E-state index contributed by atoms with van der Waals surface area (Å²) >= 11 is 0. The van der Waals surface area contributed by atoms with Gasteiger partial charge in [-0.25, -0.2) is 0 Å². The molecule has 0 saturated carbocycles. The van der Waals surface area contributed by atoms with Crippen LogP contribution in [0.25, 0.3) is 0 Å². The molecule has 518 valence electrons. The van der Waals surface area contributed by atoms with Gasteiger partial charge in [-0.1, -0.05) is 418 Å². The second-order valence-electron chi connectivity index (χ2n) is 28.1. The average Bonchev–Trinajstić information content (AvgIpc) is 3.54. The average molecular weight is 1230 g/mol. The monoisotopic (exact) mass is 1230 g/mol. The van der Waals surface area contributed by atoms with Gasteiger partial charge in [0.05, 0.1) is 25.4 Å². The van der Waals surface area contributed by atoms with E-state index >= 15 is 0 Å². The van der Waals surface area contributed by atoms with Crippen molar-refractivity contribution >= 4 is 11.9 Å². The van der Waals surface area contributed by atoms with E-state index < -0.39 is 12.1 Å². The summed E-state index contributed by atoms with van der Waals surface area (Å²) in [5.74, 6) is -0.00438. The molecule has 0 aliphatic heterocycles. The molecular formula is C81H159NO5. The number of carbonyl (C=O) groups is 2.